The third kappa shape index (κ3) is 4.42. The quantitative estimate of drug-likeness (QED) is 0.429. The number of nitrogens with one attached hydrogen (secondary N) is 1. The lowest BCUT2D eigenvalue weighted by atomic mass is 10.2. The van der Waals surface area contributed by atoms with E-state index in [4.69, 9.17) is 4.74 Å². The Morgan fingerprint density at radius 3 is 2.06 bits per heavy atom. The summed E-state index contributed by atoms with van der Waals surface area (Å²) >= 11 is 0. The van der Waals surface area contributed by atoms with Gasteiger partial charge >= 0.3 is 5.97 Å². The number of esters is 1. The molecule has 1 unspecified atom stereocenters. The Bertz CT molecular complexity index is 1450. The van der Waals surface area contributed by atoms with Crippen molar-refractivity contribution in [3.05, 3.63) is 99.7 Å². The number of carbonyl (C=O) groups is 2. The molecule has 180 valence electrons. The van der Waals surface area contributed by atoms with Crippen LogP contribution >= 0.6 is 0 Å². The highest BCUT2D eigenvalue weighted by atomic mass is 16.5. The molecule has 1 N–H and O–H groups in total. The van der Waals surface area contributed by atoms with Gasteiger partial charge in [-0.25, -0.2) is 9.48 Å². The highest BCUT2D eigenvalue weighted by Gasteiger charge is 2.25. The fraction of sp³-hybridized carbons (Fsp3) is 0.222. The lowest BCUT2D eigenvalue weighted by Crippen LogP contribution is -2.32. The van der Waals surface area contributed by atoms with Gasteiger partial charge in [-0.1, -0.05) is 36.4 Å². The zero-order valence-corrected chi connectivity index (χ0v) is 20.4. The lowest BCUT2D eigenvalue weighted by Gasteiger charge is -2.13. The maximum atomic E-state index is 13.0. The first-order chi connectivity index (χ1) is 16.7. The van der Waals surface area contributed by atoms with E-state index in [1.165, 1.54) is 11.6 Å². The van der Waals surface area contributed by atoms with Crippen molar-refractivity contribution in [1.29, 1.82) is 0 Å². The minimum atomic E-state index is -1.11. The van der Waals surface area contributed by atoms with Gasteiger partial charge in [-0.15, -0.1) is 0 Å². The Balaban J connectivity index is 1.52. The van der Waals surface area contributed by atoms with Crippen molar-refractivity contribution in [2.75, 3.05) is 5.32 Å². The summed E-state index contributed by atoms with van der Waals surface area (Å²) in [5.41, 5.74) is 3.94. The van der Waals surface area contributed by atoms with Crippen LogP contribution in [0.1, 0.15) is 34.4 Å². The molecule has 1 amide bonds. The number of para-hydroxylation sites is 2. The van der Waals surface area contributed by atoms with E-state index >= 15 is 0 Å². The van der Waals surface area contributed by atoms with Crippen LogP contribution in [0.4, 0.5) is 5.69 Å². The van der Waals surface area contributed by atoms with Gasteiger partial charge in [0.2, 0.25) is 0 Å². The summed E-state index contributed by atoms with van der Waals surface area (Å²) in [6.45, 7) is 6.97. The monoisotopic (exact) mass is 472 g/mol. The number of anilines is 1. The summed E-state index contributed by atoms with van der Waals surface area (Å²) in [7, 11) is 1.74. The van der Waals surface area contributed by atoms with Gasteiger partial charge in [0.05, 0.1) is 16.9 Å². The van der Waals surface area contributed by atoms with Crippen molar-refractivity contribution in [2.45, 2.75) is 33.8 Å². The molecule has 0 fully saturated rings. The molecule has 2 aromatic carbocycles. The molecule has 4 rings (SSSR count). The summed E-state index contributed by atoms with van der Waals surface area (Å²) in [6, 6.07) is 20.6. The van der Waals surface area contributed by atoms with Crippen molar-refractivity contribution < 1.29 is 14.3 Å². The second-order valence-electron chi connectivity index (χ2n) is 8.43. The maximum absolute atomic E-state index is 13.0. The molecular weight excluding hydrogens is 444 g/mol. The van der Waals surface area contributed by atoms with Gasteiger partial charge in [-0.2, -0.15) is 0 Å². The van der Waals surface area contributed by atoms with Crippen LogP contribution in [0.5, 0.6) is 0 Å². The van der Waals surface area contributed by atoms with Gasteiger partial charge in [-0.3, -0.25) is 14.3 Å². The maximum Gasteiger partial charge on any atom is 0.340 e. The molecule has 0 radical (unpaired) electrons. The Hall–Kier alpha value is -4.33. The fourth-order valence-corrected chi connectivity index (χ4v) is 4.16. The SMILES string of the molecule is Cc1cc(C(=O)OC(C)C(=O)Nc2c(C)n(C)n(-c3ccccc3)c2=O)c(C)n1-c1ccccc1. The molecule has 0 saturated heterocycles. The van der Waals surface area contributed by atoms with E-state index in [9.17, 15) is 14.4 Å². The number of carbonyl (C=O) groups excluding carboxylic acids is 2. The summed E-state index contributed by atoms with van der Waals surface area (Å²) < 4.78 is 10.6. The van der Waals surface area contributed by atoms with E-state index < -0.39 is 18.0 Å². The van der Waals surface area contributed by atoms with Gasteiger partial charge in [0.1, 0.15) is 5.69 Å². The third-order valence-corrected chi connectivity index (χ3v) is 6.12. The topological polar surface area (TPSA) is 87.3 Å². The van der Waals surface area contributed by atoms with Crippen LogP contribution in [0.2, 0.25) is 0 Å². The largest absolute Gasteiger partial charge is 0.449 e. The molecule has 0 aliphatic rings. The molecule has 2 aromatic heterocycles. The standard InChI is InChI=1S/C27H28N4O4/c1-17-16-23(18(2)30(17)21-12-8-6-9-13-21)27(34)35-20(4)25(32)28-24-19(3)29(5)31(26(24)33)22-14-10-7-11-15-22/h6-16,20H,1-5H3,(H,28,32). The van der Waals surface area contributed by atoms with Gasteiger partial charge in [0.15, 0.2) is 6.10 Å². The lowest BCUT2D eigenvalue weighted by molar-refractivity contribution is -0.123. The highest BCUT2D eigenvalue weighted by molar-refractivity contribution is 5.98. The number of ether oxygens (including phenoxy) is 1. The number of nitrogens with zero attached hydrogens (tertiary/aromatic N) is 3. The first-order valence-corrected chi connectivity index (χ1v) is 11.3. The minimum absolute atomic E-state index is 0.145. The number of rotatable bonds is 6. The van der Waals surface area contributed by atoms with Crippen molar-refractivity contribution in [3.8, 4) is 11.4 Å². The van der Waals surface area contributed by atoms with Crippen molar-refractivity contribution in [3.63, 3.8) is 0 Å². The fourth-order valence-electron chi connectivity index (χ4n) is 4.16. The molecule has 0 bridgehead atoms. The van der Waals surface area contributed by atoms with Crippen molar-refractivity contribution in [2.24, 2.45) is 7.05 Å². The first kappa shape index (κ1) is 23.8. The van der Waals surface area contributed by atoms with E-state index in [0.717, 1.165) is 17.1 Å². The molecule has 8 nitrogen and oxygen atoms in total. The Kier molecular flexibility index (Phi) is 6.46. The summed E-state index contributed by atoms with van der Waals surface area (Å²) in [6.07, 6.45) is -1.11. The molecule has 0 saturated carbocycles. The Morgan fingerprint density at radius 2 is 1.46 bits per heavy atom. The molecular formula is C27H28N4O4. The predicted octanol–water partition coefficient (Wildman–Crippen LogP) is 4.08. The third-order valence-electron chi connectivity index (χ3n) is 6.12. The van der Waals surface area contributed by atoms with E-state index in [1.54, 1.807) is 24.7 Å². The van der Waals surface area contributed by atoms with E-state index in [2.05, 4.69) is 5.32 Å². The average molecular weight is 473 g/mol. The van der Waals surface area contributed by atoms with Crippen LogP contribution in [0.25, 0.3) is 11.4 Å². The normalized spacial score (nSPS) is 11.8. The molecule has 2 heterocycles. The van der Waals surface area contributed by atoms with Gasteiger partial charge in [-0.05, 0) is 58.0 Å². The number of hydrogen-bond acceptors (Lipinski definition) is 4. The number of aryl methyl sites for hydroxylation is 1. The zero-order valence-electron chi connectivity index (χ0n) is 20.4. The molecule has 4 aromatic rings. The van der Waals surface area contributed by atoms with E-state index in [0.29, 0.717) is 16.9 Å². The molecule has 0 spiro atoms. The number of amides is 1. The minimum Gasteiger partial charge on any atom is -0.449 e. The molecule has 1 atom stereocenters. The van der Waals surface area contributed by atoms with Crippen molar-refractivity contribution >= 4 is 17.6 Å². The molecule has 0 aliphatic carbocycles. The highest BCUT2D eigenvalue weighted by Crippen LogP contribution is 2.22. The number of benzene rings is 2. The van der Waals surface area contributed by atoms with E-state index in [-0.39, 0.29) is 11.2 Å². The smallest absolute Gasteiger partial charge is 0.340 e. The van der Waals surface area contributed by atoms with Gasteiger partial charge in [0.25, 0.3) is 11.5 Å². The van der Waals surface area contributed by atoms with Crippen LogP contribution in [0, 0.1) is 20.8 Å². The van der Waals surface area contributed by atoms with E-state index in [1.807, 2.05) is 79.1 Å². The van der Waals surface area contributed by atoms with Crippen LogP contribution in [-0.2, 0) is 16.6 Å². The zero-order chi connectivity index (χ0) is 25.3. The Labute approximate surface area is 203 Å². The molecule has 0 aliphatic heterocycles. The second kappa shape index (κ2) is 9.50. The summed E-state index contributed by atoms with van der Waals surface area (Å²) in [5, 5.41) is 2.65. The van der Waals surface area contributed by atoms with Crippen LogP contribution < -0.4 is 10.9 Å². The Morgan fingerprint density at radius 1 is 0.886 bits per heavy atom. The summed E-state index contributed by atoms with van der Waals surface area (Å²) in [4.78, 5) is 38.8. The summed E-state index contributed by atoms with van der Waals surface area (Å²) in [5.74, 6) is -1.18. The predicted molar refractivity (Wildman–Crippen MR) is 134 cm³/mol. The van der Waals surface area contributed by atoms with Crippen LogP contribution in [0.3, 0.4) is 0 Å². The molecule has 35 heavy (non-hydrogen) atoms. The number of aromatic nitrogens is 3. The van der Waals surface area contributed by atoms with Crippen LogP contribution in [0.15, 0.2) is 71.5 Å². The van der Waals surface area contributed by atoms with Gasteiger partial charge < -0.3 is 14.6 Å². The van der Waals surface area contributed by atoms with Crippen LogP contribution in [-0.4, -0.2) is 31.9 Å². The van der Waals surface area contributed by atoms with Gasteiger partial charge in [0, 0.05) is 24.1 Å². The molecule has 8 heteroatoms. The first-order valence-electron chi connectivity index (χ1n) is 11.3. The number of hydrogen-bond donors (Lipinski definition) is 1. The average Bonchev–Trinajstić information content (AvgIpc) is 3.26. The second-order valence-corrected chi connectivity index (χ2v) is 8.43. The van der Waals surface area contributed by atoms with Crippen molar-refractivity contribution in [1.82, 2.24) is 13.9 Å².